The molecule has 25 heavy (non-hydrogen) atoms. The summed E-state index contributed by atoms with van der Waals surface area (Å²) in [5.74, 6) is 0.114. The molecule has 0 fully saturated rings. The van der Waals surface area contributed by atoms with E-state index in [-0.39, 0.29) is 18.0 Å². The lowest BCUT2D eigenvalue weighted by atomic mass is 10.0. The zero-order valence-electron chi connectivity index (χ0n) is 13.4. The topological polar surface area (TPSA) is 76.0 Å². The standard InChI is InChI=1S/C18H15FN2O3S/c1-25(22,23)7-6-18-21-16-8-11(2-5-17(16)24-18)14-10-20-15-9-12(19)3-4-13(14)15/h2-5,8-10,20H,6-7H2,1H3. The Hall–Kier alpha value is -2.67. The van der Waals surface area contributed by atoms with Gasteiger partial charge in [0.2, 0.25) is 0 Å². The van der Waals surface area contributed by atoms with Crippen LogP contribution >= 0.6 is 0 Å². The zero-order chi connectivity index (χ0) is 17.6. The highest BCUT2D eigenvalue weighted by molar-refractivity contribution is 7.90. The maximum absolute atomic E-state index is 13.3. The van der Waals surface area contributed by atoms with E-state index in [1.807, 2.05) is 24.4 Å². The van der Waals surface area contributed by atoms with Crippen LogP contribution in [0.15, 0.2) is 47.0 Å². The van der Waals surface area contributed by atoms with E-state index in [1.54, 1.807) is 6.07 Å². The number of benzene rings is 2. The average Bonchev–Trinajstić information content (AvgIpc) is 3.14. The van der Waals surface area contributed by atoms with E-state index < -0.39 is 9.84 Å². The van der Waals surface area contributed by atoms with E-state index in [0.29, 0.717) is 17.0 Å². The van der Waals surface area contributed by atoms with Crippen LogP contribution in [0.1, 0.15) is 5.89 Å². The second-order valence-corrected chi connectivity index (χ2v) is 8.32. The van der Waals surface area contributed by atoms with Crippen molar-refractivity contribution in [3.8, 4) is 11.1 Å². The first-order valence-corrected chi connectivity index (χ1v) is 9.79. The molecule has 0 atom stereocenters. The Morgan fingerprint density at radius 1 is 1.20 bits per heavy atom. The third-order valence-electron chi connectivity index (χ3n) is 4.07. The Bertz CT molecular complexity index is 1190. The molecular formula is C18H15FN2O3S. The second kappa shape index (κ2) is 5.70. The Morgan fingerprint density at radius 2 is 2.04 bits per heavy atom. The fourth-order valence-corrected chi connectivity index (χ4v) is 3.40. The van der Waals surface area contributed by atoms with Crippen LogP contribution in [0.3, 0.4) is 0 Å². The van der Waals surface area contributed by atoms with Gasteiger partial charge in [0, 0.05) is 35.3 Å². The summed E-state index contributed by atoms with van der Waals surface area (Å²) in [7, 11) is -3.07. The fraction of sp³-hybridized carbons (Fsp3) is 0.167. The van der Waals surface area contributed by atoms with Crippen LogP contribution in [-0.4, -0.2) is 30.4 Å². The number of aryl methyl sites for hydroxylation is 1. The second-order valence-electron chi connectivity index (χ2n) is 6.06. The van der Waals surface area contributed by atoms with Crippen LogP contribution in [0.25, 0.3) is 33.1 Å². The van der Waals surface area contributed by atoms with E-state index in [9.17, 15) is 12.8 Å². The highest BCUT2D eigenvalue weighted by Gasteiger charge is 2.12. The zero-order valence-corrected chi connectivity index (χ0v) is 14.2. The summed E-state index contributed by atoms with van der Waals surface area (Å²) in [5, 5.41) is 0.918. The first-order chi connectivity index (χ1) is 11.9. The van der Waals surface area contributed by atoms with E-state index in [2.05, 4.69) is 9.97 Å². The molecule has 0 aliphatic carbocycles. The van der Waals surface area contributed by atoms with Gasteiger partial charge in [-0.25, -0.2) is 17.8 Å². The maximum Gasteiger partial charge on any atom is 0.196 e. The predicted molar refractivity (Wildman–Crippen MR) is 94.7 cm³/mol. The van der Waals surface area contributed by atoms with Crippen molar-refractivity contribution < 1.29 is 17.2 Å². The highest BCUT2D eigenvalue weighted by Crippen LogP contribution is 2.31. The molecular weight excluding hydrogens is 343 g/mol. The van der Waals surface area contributed by atoms with Gasteiger partial charge in [0.25, 0.3) is 0 Å². The number of hydrogen-bond donors (Lipinski definition) is 1. The molecule has 7 heteroatoms. The van der Waals surface area contributed by atoms with Gasteiger partial charge >= 0.3 is 0 Å². The van der Waals surface area contributed by atoms with Gasteiger partial charge in [-0.3, -0.25) is 0 Å². The van der Waals surface area contributed by atoms with Crippen LogP contribution in [0.2, 0.25) is 0 Å². The lowest BCUT2D eigenvalue weighted by Gasteiger charge is -1.99. The predicted octanol–water partition coefficient (Wildman–Crippen LogP) is 3.70. The molecule has 4 aromatic rings. The summed E-state index contributed by atoms with van der Waals surface area (Å²) in [6, 6.07) is 10.2. The van der Waals surface area contributed by atoms with E-state index in [1.165, 1.54) is 18.4 Å². The van der Waals surface area contributed by atoms with Gasteiger partial charge in [0.05, 0.1) is 5.75 Å². The van der Waals surface area contributed by atoms with Crippen molar-refractivity contribution in [2.75, 3.05) is 12.0 Å². The SMILES string of the molecule is CS(=O)(=O)CCc1nc2cc(-c3c[nH]c4cc(F)ccc34)ccc2o1. The average molecular weight is 358 g/mol. The van der Waals surface area contributed by atoms with Crippen LogP contribution < -0.4 is 0 Å². The third kappa shape index (κ3) is 3.15. The maximum atomic E-state index is 13.3. The largest absolute Gasteiger partial charge is 0.441 e. The summed E-state index contributed by atoms with van der Waals surface area (Å²) >= 11 is 0. The van der Waals surface area contributed by atoms with Gasteiger partial charge in [-0.2, -0.15) is 0 Å². The Balaban J connectivity index is 1.73. The number of nitrogens with zero attached hydrogens (tertiary/aromatic N) is 1. The van der Waals surface area contributed by atoms with Crippen LogP contribution in [-0.2, 0) is 16.3 Å². The minimum atomic E-state index is -3.07. The molecule has 0 amide bonds. The van der Waals surface area contributed by atoms with Crippen LogP contribution in [0, 0.1) is 5.82 Å². The van der Waals surface area contributed by atoms with Crippen LogP contribution in [0.5, 0.6) is 0 Å². The number of fused-ring (bicyclic) bond motifs is 2. The van der Waals surface area contributed by atoms with E-state index >= 15 is 0 Å². The minimum Gasteiger partial charge on any atom is -0.441 e. The molecule has 0 saturated heterocycles. The minimum absolute atomic E-state index is 0.000686. The molecule has 2 heterocycles. The number of hydrogen-bond acceptors (Lipinski definition) is 4. The number of oxazole rings is 1. The molecule has 0 radical (unpaired) electrons. The number of sulfone groups is 1. The van der Waals surface area contributed by atoms with Crippen molar-refractivity contribution in [2.45, 2.75) is 6.42 Å². The first kappa shape index (κ1) is 15.8. The van der Waals surface area contributed by atoms with Crippen molar-refractivity contribution in [1.82, 2.24) is 9.97 Å². The molecule has 4 rings (SSSR count). The number of halogens is 1. The number of aromatic amines is 1. The molecule has 0 aliphatic rings. The summed E-state index contributed by atoms with van der Waals surface area (Å²) in [6.45, 7) is 0. The smallest absolute Gasteiger partial charge is 0.196 e. The molecule has 0 bridgehead atoms. The molecule has 0 spiro atoms. The summed E-state index contributed by atoms with van der Waals surface area (Å²) < 4.78 is 41.5. The Kier molecular flexibility index (Phi) is 3.61. The first-order valence-electron chi connectivity index (χ1n) is 7.73. The third-order valence-corrected chi connectivity index (χ3v) is 5.02. The van der Waals surface area contributed by atoms with Gasteiger partial charge in [-0.15, -0.1) is 0 Å². The van der Waals surface area contributed by atoms with Gasteiger partial charge in [-0.1, -0.05) is 6.07 Å². The van der Waals surface area contributed by atoms with Crippen molar-refractivity contribution >= 4 is 31.8 Å². The molecule has 128 valence electrons. The molecule has 5 nitrogen and oxygen atoms in total. The number of H-pyrrole nitrogens is 1. The number of nitrogens with one attached hydrogen (secondary N) is 1. The lowest BCUT2D eigenvalue weighted by Crippen LogP contribution is -2.05. The quantitative estimate of drug-likeness (QED) is 0.603. The number of aromatic nitrogens is 2. The van der Waals surface area contributed by atoms with Gasteiger partial charge < -0.3 is 9.40 Å². The molecule has 0 saturated carbocycles. The molecule has 0 unspecified atom stereocenters. The summed E-state index contributed by atoms with van der Waals surface area (Å²) in [4.78, 5) is 7.45. The van der Waals surface area contributed by atoms with Gasteiger partial charge in [0.1, 0.15) is 21.2 Å². The van der Waals surface area contributed by atoms with Crippen molar-refractivity contribution in [2.24, 2.45) is 0 Å². The van der Waals surface area contributed by atoms with Crippen LogP contribution in [0.4, 0.5) is 4.39 Å². The lowest BCUT2D eigenvalue weighted by molar-refractivity contribution is 0.534. The molecule has 0 aliphatic heterocycles. The molecule has 2 aromatic carbocycles. The number of rotatable bonds is 4. The van der Waals surface area contributed by atoms with E-state index in [4.69, 9.17) is 4.42 Å². The monoisotopic (exact) mass is 358 g/mol. The fourth-order valence-electron chi connectivity index (χ4n) is 2.86. The van der Waals surface area contributed by atoms with E-state index in [0.717, 1.165) is 22.0 Å². The normalized spacial score (nSPS) is 12.2. The highest BCUT2D eigenvalue weighted by atomic mass is 32.2. The van der Waals surface area contributed by atoms with Crippen molar-refractivity contribution in [3.05, 3.63) is 54.3 Å². The van der Waals surface area contributed by atoms with Crippen molar-refractivity contribution in [1.29, 1.82) is 0 Å². The Labute approximate surface area is 143 Å². The molecule has 2 aromatic heterocycles. The van der Waals surface area contributed by atoms with Gasteiger partial charge in [0.15, 0.2) is 11.5 Å². The molecule has 1 N–H and O–H groups in total. The Morgan fingerprint density at radius 3 is 2.84 bits per heavy atom. The summed E-state index contributed by atoms with van der Waals surface area (Å²) in [5.41, 5.74) is 3.87. The van der Waals surface area contributed by atoms with Gasteiger partial charge in [-0.05, 0) is 35.9 Å². The summed E-state index contributed by atoms with van der Waals surface area (Å²) in [6.07, 6.45) is 3.26. The van der Waals surface area contributed by atoms with Crippen molar-refractivity contribution in [3.63, 3.8) is 0 Å².